The molecule has 2 aromatic rings. The fourth-order valence-corrected chi connectivity index (χ4v) is 6.50. The van der Waals surface area contributed by atoms with Gasteiger partial charge in [0, 0.05) is 6.04 Å². The molecule has 0 radical (unpaired) electrons. The largest absolute Gasteiger partial charge is 0.391 e. The number of aromatic nitrogens is 2. The van der Waals surface area contributed by atoms with Crippen molar-refractivity contribution < 1.29 is 13.5 Å². The van der Waals surface area contributed by atoms with E-state index in [1.807, 2.05) is 19.9 Å². The van der Waals surface area contributed by atoms with Gasteiger partial charge in [0.25, 0.3) is 5.56 Å². The second-order valence-electron chi connectivity index (χ2n) is 6.14. The minimum atomic E-state index is -3.24. The maximum atomic E-state index is 12.9. The molecule has 1 fully saturated rings. The fourth-order valence-electron chi connectivity index (χ4n) is 2.82. The molecule has 0 unspecified atom stereocenters. The molecule has 1 saturated heterocycles. The average molecular weight is 368 g/mol. The fraction of sp³-hybridized carbons (Fsp3) is 0.500. The summed E-state index contributed by atoms with van der Waals surface area (Å²) in [4.78, 5) is 17.4. The molecular formula is C16H20N2O4S2. The smallest absolute Gasteiger partial charge is 0.262 e. The summed E-state index contributed by atoms with van der Waals surface area (Å²) >= 11 is 1.18. The Morgan fingerprint density at radius 3 is 2.71 bits per heavy atom. The lowest BCUT2D eigenvalue weighted by Gasteiger charge is -2.20. The van der Waals surface area contributed by atoms with Crippen molar-refractivity contribution in [2.75, 3.05) is 11.5 Å². The molecule has 1 aliphatic rings. The van der Waals surface area contributed by atoms with Crippen LogP contribution in [0, 0.1) is 0 Å². The highest BCUT2D eigenvalue weighted by Gasteiger charge is 2.38. The average Bonchev–Trinajstić information content (AvgIpc) is 2.79. The molecule has 0 amide bonds. The first-order valence-electron chi connectivity index (χ1n) is 7.89. The summed E-state index contributed by atoms with van der Waals surface area (Å²) in [5.41, 5.74) is 0.452. The number of hydrogen-bond acceptors (Lipinski definition) is 6. The van der Waals surface area contributed by atoms with E-state index in [1.54, 1.807) is 22.8 Å². The van der Waals surface area contributed by atoms with Crippen molar-refractivity contribution >= 4 is 32.5 Å². The van der Waals surface area contributed by atoms with Crippen LogP contribution in [0.1, 0.15) is 26.3 Å². The van der Waals surface area contributed by atoms with E-state index in [0.717, 1.165) is 6.42 Å². The lowest BCUT2D eigenvalue weighted by molar-refractivity contribution is 0.207. The Labute approximate surface area is 144 Å². The number of hydrogen-bond donors (Lipinski definition) is 1. The van der Waals surface area contributed by atoms with Gasteiger partial charge in [-0.15, -0.1) is 0 Å². The third-order valence-corrected chi connectivity index (χ3v) is 7.55. The number of aliphatic hydroxyl groups excluding tert-OH is 1. The lowest BCUT2D eigenvalue weighted by atomic mass is 10.2. The highest BCUT2D eigenvalue weighted by molar-refractivity contribution is 8.01. The summed E-state index contributed by atoms with van der Waals surface area (Å²) in [7, 11) is -3.24. The molecular weight excluding hydrogens is 348 g/mol. The van der Waals surface area contributed by atoms with Crippen LogP contribution in [-0.4, -0.2) is 45.9 Å². The van der Waals surface area contributed by atoms with Crippen molar-refractivity contribution in [3.8, 4) is 0 Å². The number of nitrogens with zero attached hydrogens (tertiary/aromatic N) is 2. The molecule has 8 heteroatoms. The zero-order chi connectivity index (χ0) is 17.5. The number of sulfone groups is 1. The first-order valence-corrected chi connectivity index (χ1v) is 10.6. The number of rotatable bonds is 4. The molecule has 0 aliphatic carbocycles. The number of para-hydroxylation sites is 1. The lowest BCUT2D eigenvalue weighted by Crippen LogP contribution is -2.28. The van der Waals surface area contributed by atoms with Gasteiger partial charge in [0.05, 0.1) is 33.8 Å². The molecule has 1 N–H and O–H groups in total. The molecule has 24 heavy (non-hydrogen) atoms. The van der Waals surface area contributed by atoms with Crippen molar-refractivity contribution in [1.82, 2.24) is 9.55 Å². The summed E-state index contributed by atoms with van der Waals surface area (Å²) in [5, 5.41) is 10.5. The first-order chi connectivity index (χ1) is 11.3. The number of thioether (sulfide) groups is 1. The van der Waals surface area contributed by atoms with Gasteiger partial charge in [-0.25, -0.2) is 13.4 Å². The van der Waals surface area contributed by atoms with Gasteiger partial charge in [-0.1, -0.05) is 30.8 Å². The first kappa shape index (κ1) is 17.4. The van der Waals surface area contributed by atoms with Crippen molar-refractivity contribution in [2.24, 2.45) is 0 Å². The van der Waals surface area contributed by atoms with Crippen LogP contribution in [0.3, 0.4) is 0 Å². The van der Waals surface area contributed by atoms with Crippen LogP contribution in [-0.2, 0) is 9.84 Å². The van der Waals surface area contributed by atoms with E-state index in [-0.39, 0.29) is 23.1 Å². The maximum Gasteiger partial charge on any atom is 0.262 e. The van der Waals surface area contributed by atoms with E-state index in [0.29, 0.717) is 16.1 Å². The predicted octanol–water partition coefficient (Wildman–Crippen LogP) is 1.62. The summed E-state index contributed by atoms with van der Waals surface area (Å²) in [5.74, 6) is -0.326. The molecule has 6 nitrogen and oxygen atoms in total. The molecule has 0 spiro atoms. The van der Waals surface area contributed by atoms with Crippen LogP contribution in [0.4, 0.5) is 0 Å². The quantitative estimate of drug-likeness (QED) is 0.825. The Hall–Kier alpha value is -1.38. The maximum absolute atomic E-state index is 12.9. The van der Waals surface area contributed by atoms with Gasteiger partial charge >= 0.3 is 0 Å². The SMILES string of the molecule is CC[C@@H](C)n1c(S[C@@H]2CS(=O)(=O)C[C@@H]2O)nc2ccccc2c1=O. The Morgan fingerprint density at radius 1 is 1.38 bits per heavy atom. The van der Waals surface area contributed by atoms with Gasteiger partial charge in [0.1, 0.15) is 0 Å². The number of fused-ring (bicyclic) bond motifs is 1. The number of benzene rings is 1. The predicted molar refractivity (Wildman–Crippen MR) is 95.3 cm³/mol. The molecule has 0 saturated carbocycles. The third kappa shape index (κ3) is 3.22. The standard InChI is InChI=1S/C16H20N2O4S2/c1-3-10(2)18-15(20)11-6-4-5-7-12(11)17-16(18)23-14-9-24(21,22)8-13(14)19/h4-7,10,13-14,19H,3,8-9H2,1-2H3/t10-,13+,14-/m1/s1. The Bertz CT molecular complexity index is 923. The van der Waals surface area contributed by atoms with Crippen LogP contribution in [0.2, 0.25) is 0 Å². The van der Waals surface area contributed by atoms with E-state index < -0.39 is 21.2 Å². The highest BCUT2D eigenvalue weighted by Crippen LogP contribution is 2.32. The topological polar surface area (TPSA) is 89.3 Å². The van der Waals surface area contributed by atoms with Crippen molar-refractivity contribution in [3.63, 3.8) is 0 Å². The Morgan fingerprint density at radius 2 is 2.08 bits per heavy atom. The zero-order valence-corrected chi connectivity index (χ0v) is 15.2. The molecule has 1 aromatic heterocycles. The van der Waals surface area contributed by atoms with Crippen LogP contribution in [0.15, 0.2) is 34.2 Å². The minimum Gasteiger partial charge on any atom is -0.391 e. The van der Waals surface area contributed by atoms with Gasteiger partial charge in [-0.3, -0.25) is 9.36 Å². The summed E-state index contributed by atoms with van der Waals surface area (Å²) in [6.45, 7) is 3.92. The van der Waals surface area contributed by atoms with Crippen LogP contribution < -0.4 is 5.56 Å². The van der Waals surface area contributed by atoms with E-state index in [1.165, 1.54) is 11.8 Å². The zero-order valence-electron chi connectivity index (χ0n) is 13.5. The van der Waals surface area contributed by atoms with E-state index in [2.05, 4.69) is 4.98 Å². The normalized spacial score (nSPS) is 24.3. The van der Waals surface area contributed by atoms with Crippen molar-refractivity contribution in [3.05, 3.63) is 34.6 Å². The second-order valence-corrected chi connectivity index (χ2v) is 9.50. The van der Waals surface area contributed by atoms with E-state index in [4.69, 9.17) is 0 Å². The molecule has 3 rings (SSSR count). The molecule has 2 heterocycles. The number of aliphatic hydroxyl groups is 1. The summed E-state index contributed by atoms with van der Waals surface area (Å²) < 4.78 is 25.1. The van der Waals surface area contributed by atoms with Crippen LogP contribution in [0.5, 0.6) is 0 Å². The Kier molecular flexibility index (Phi) is 4.72. The minimum absolute atomic E-state index is 0.0627. The van der Waals surface area contributed by atoms with Gasteiger partial charge < -0.3 is 5.11 Å². The van der Waals surface area contributed by atoms with E-state index >= 15 is 0 Å². The molecule has 3 atom stereocenters. The monoisotopic (exact) mass is 368 g/mol. The van der Waals surface area contributed by atoms with Gasteiger partial charge in [-0.05, 0) is 25.5 Å². The van der Waals surface area contributed by atoms with Crippen molar-refractivity contribution in [2.45, 2.75) is 42.8 Å². The third-order valence-electron chi connectivity index (χ3n) is 4.34. The van der Waals surface area contributed by atoms with Gasteiger partial charge in [0.2, 0.25) is 0 Å². The van der Waals surface area contributed by atoms with E-state index in [9.17, 15) is 18.3 Å². The van der Waals surface area contributed by atoms with Crippen LogP contribution >= 0.6 is 11.8 Å². The molecule has 130 valence electrons. The second kappa shape index (κ2) is 6.50. The van der Waals surface area contributed by atoms with Gasteiger partial charge in [0.15, 0.2) is 15.0 Å². The summed E-state index contributed by atoms with van der Waals surface area (Å²) in [6, 6.07) is 7.06. The molecule has 0 bridgehead atoms. The molecule has 1 aliphatic heterocycles. The Balaban J connectivity index is 2.11. The van der Waals surface area contributed by atoms with Gasteiger partial charge in [-0.2, -0.15) is 0 Å². The molecule has 1 aromatic carbocycles. The summed E-state index contributed by atoms with van der Waals surface area (Å²) in [6.07, 6.45) is -0.187. The highest BCUT2D eigenvalue weighted by atomic mass is 32.2. The van der Waals surface area contributed by atoms with Crippen LogP contribution in [0.25, 0.3) is 10.9 Å². The van der Waals surface area contributed by atoms with Crippen molar-refractivity contribution in [1.29, 1.82) is 0 Å².